The lowest BCUT2D eigenvalue weighted by atomic mass is 9.78. The highest BCUT2D eigenvalue weighted by atomic mass is 19.4. The van der Waals surface area contributed by atoms with Crippen LogP contribution in [0.25, 0.3) is 0 Å². The fourth-order valence-electron chi connectivity index (χ4n) is 4.11. The van der Waals surface area contributed by atoms with E-state index < -0.39 is 24.3 Å². The molecule has 0 radical (unpaired) electrons. The van der Waals surface area contributed by atoms with Gasteiger partial charge in [0.25, 0.3) is 0 Å². The van der Waals surface area contributed by atoms with Crippen molar-refractivity contribution in [3.05, 3.63) is 54.5 Å². The molecule has 2 aliphatic heterocycles. The number of hydrogen-bond donors (Lipinski definition) is 2. The molecule has 2 N–H and O–H groups in total. The number of anilines is 1. The maximum atomic E-state index is 13.2. The van der Waals surface area contributed by atoms with Gasteiger partial charge in [-0.25, -0.2) is 14.6 Å². The number of hydrogen-bond acceptors (Lipinski definition) is 6. The van der Waals surface area contributed by atoms with Crippen molar-refractivity contribution >= 4 is 23.7 Å². The van der Waals surface area contributed by atoms with E-state index in [9.17, 15) is 31.1 Å². The molecule has 2 atom stereocenters. The minimum atomic E-state index is -5.08. The smallest absolute Gasteiger partial charge is 0.475 e. The summed E-state index contributed by atoms with van der Waals surface area (Å²) in [5.74, 6) is -3.91. The normalized spacial score (nSPS) is 20.9. The van der Waals surface area contributed by atoms with Gasteiger partial charge >= 0.3 is 24.3 Å². The summed E-state index contributed by atoms with van der Waals surface area (Å²) in [5, 5.41) is 14.2. The van der Waals surface area contributed by atoms with Gasteiger partial charge in [0, 0.05) is 44.8 Å². The Labute approximate surface area is 212 Å². The summed E-state index contributed by atoms with van der Waals surface area (Å²) >= 11 is 0. The Hall–Kier alpha value is -3.91. The highest BCUT2D eigenvalue weighted by Crippen LogP contribution is 2.45. The van der Waals surface area contributed by atoms with Gasteiger partial charge < -0.3 is 20.0 Å². The second-order valence-electron chi connectivity index (χ2n) is 8.57. The van der Waals surface area contributed by atoms with E-state index in [0.29, 0.717) is 12.5 Å². The van der Waals surface area contributed by atoms with Crippen molar-refractivity contribution in [2.45, 2.75) is 32.2 Å². The van der Waals surface area contributed by atoms with Crippen LogP contribution in [0.1, 0.15) is 18.9 Å². The van der Waals surface area contributed by atoms with Gasteiger partial charge in [0.05, 0.1) is 5.41 Å². The molecule has 1 amide bonds. The first-order chi connectivity index (χ1) is 17.6. The van der Waals surface area contributed by atoms with E-state index in [-0.39, 0.29) is 11.3 Å². The number of pyridine rings is 2. The molecule has 0 unspecified atom stereocenters. The summed E-state index contributed by atoms with van der Waals surface area (Å²) in [7, 11) is 0. The van der Waals surface area contributed by atoms with Crippen molar-refractivity contribution in [1.82, 2.24) is 14.9 Å². The lowest BCUT2D eigenvalue weighted by Gasteiger charge is -2.26. The third-order valence-corrected chi connectivity index (χ3v) is 6.01. The number of alkyl halides is 6. The summed E-state index contributed by atoms with van der Waals surface area (Å²) in [6.45, 7) is 5.35. The molecule has 4 heterocycles. The predicted molar refractivity (Wildman–Crippen MR) is 120 cm³/mol. The lowest BCUT2D eigenvalue weighted by Crippen LogP contribution is -2.39. The summed E-state index contributed by atoms with van der Waals surface area (Å²) in [4.78, 5) is 43.8. The van der Waals surface area contributed by atoms with Crippen molar-refractivity contribution in [2.75, 3.05) is 24.5 Å². The first kappa shape index (κ1) is 30.3. The number of nitrogens with zero attached hydrogens (tertiary/aromatic N) is 4. The SMILES string of the molecule is C[C@H]1CN(c2ccccn2)C[C@@]12CCN(Cc1cccnc1)C2=O.O=C(O)C(F)(F)F.O=C(O)C(F)(F)F. The van der Waals surface area contributed by atoms with Gasteiger partial charge in [-0.2, -0.15) is 26.3 Å². The minimum absolute atomic E-state index is 0.264. The van der Waals surface area contributed by atoms with Crippen LogP contribution in [0.4, 0.5) is 32.2 Å². The number of carboxylic acid groups (broad SMARTS) is 2. The summed E-state index contributed by atoms with van der Waals surface area (Å²) in [5.41, 5.74) is 0.829. The van der Waals surface area contributed by atoms with Gasteiger partial charge in [0.15, 0.2) is 0 Å². The summed E-state index contributed by atoms with van der Waals surface area (Å²) in [6, 6.07) is 9.91. The van der Waals surface area contributed by atoms with Crippen LogP contribution in [0.5, 0.6) is 0 Å². The molecule has 15 heteroatoms. The molecule has 0 aliphatic carbocycles. The Kier molecular flexibility index (Phi) is 9.64. The molecule has 0 aromatic carbocycles. The number of carboxylic acids is 2. The third-order valence-electron chi connectivity index (χ3n) is 6.01. The predicted octanol–water partition coefficient (Wildman–Crippen LogP) is 3.62. The zero-order chi connectivity index (χ0) is 28.7. The van der Waals surface area contributed by atoms with Crippen LogP contribution in [-0.4, -0.2) is 74.9 Å². The lowest BCUT2D eigenvalue weighted by molar-refractivity contribution is -0.193. The number of amides is 1. The van der Waals surface area contributed by atoms with Crippen molar-refractivity contribution in [1.29, 1.82) is 0 Å². The van der Waals surface area contributed by atoms with Crippen molar-refractivity contribution in [3.8, 4) is 0 Å². The molecule has 0 bridgehead atoms. The Bertz CT molecular complexity index is 1080. The molecule has 2 aliphatic rings. The Balaban J connectivity index is 0.000000301. The maximum Gasteiger partial charge on any atom is 0.490 e. The minimum Gasteiger partial charge on any atom is -0.475 e. The van der Waals surface area contributed by atoms with E-state index >= 15 is 0 Å². The fourth-order valence-corrected chi connectivity index (χ4v) is 4.11. The molecule has 2 aromatic heterocycles. The van der Waals surface area contributed by atoms with Crippen molar-refractivity contribution in [3.63, 3.8) is 0 Å². The number of carbonyl (C=O) groups excluding carboxylic acids is 1. The molecule has 9 nitrogen and oxygen atoms in total. The molecule has 38 heavy (non-hydrogen) atoms. The van der Waals surface area contributed by atoms with Crippen LogP contribution >= 0.6 is 0 Å². The van der Waals surface area contributed by atoms with Crippen LogP contribution in [0.15, 0.2) is 48.9 Å². The van der Waals surface area contributed by atoms with Crippen molar-refractivity contribution in [2.24, 2.45) is 11.3 Å². The van der Waals surface area contributed by atoms with E-state index in [1.807, 2.05) is 47.6 Å². The maximum absolute atomic E-state index is 13.2. The van der Waals surface area contributed by atoms with Gasteiger partial charge in [-0.3, -0.25) is 9.78 Å². The molecule has 2 saturated heterocycles. The molecule has 1 spiro atoms. The average Bonchev–Trinajstić information content (AvgIpc) is 3.34. The molecule has 0 saturated carbocycles. The number of halogens is 6. The van der Waals surface area contributed by atoms with E-state index in [1.165, 1.54) is 0 Å². The summed E-state index contributed by atoms with van der Waals surface area (Å²) in [6.07, 6.45) is -3.82. The zero-order valence-corrected chi connectivity index (χ0v) is 19.9. The second kappa shape index (κ2) is 12.1. The van der Waals surface area contributed by atoms with E-state index in [1.54, 1.807) is 6.20 Å². The largest absolute Gasteiger partial charge is 0.490 e. The number of aromatic nitrogens is 2. The quantitative estimate of drug-likeness (QED) is 0.556. The average molecular weight is 550 g/mol. The highest BCUT2D eigenvalue weighted by Gasteiger charge is 2.55. The fraction of sp³-hybridized carbons (Fsp3) is 0.435. The topological polar surface area (TPSA) is 124 Å². The van der Waals surface area contributed by atoms with Crippen LogP contribution in [-0.2, 0) is 20.9 Å². The monoisotopic (exact) mass is 550 g/mol. The highest BCUT2D eigenvalue weighted by molar-refractivity contribution is 5.86. The number of rotatable bonds is 3. The van der Waals surface area contributed by atoms with Crippen molar-refractivity contribution < 1.29 is 50.9 Å². The first-order valence-corrected chi connectivity index (χ1v) is 11.0. The van der Waals surface area contributed by atoms with Crippen LogP contribution < -0.4 is 4.90 Å². The second-order valence-corrected chi connectivity index (χ2v) is 8.57. The van der Waals surface area contributed by atoms with Gasteiger partial charge in [0.2, 0.25) is 5.91 Å². The standard InChI is InChI=1S/C19H22N4O.2C2HF3O2/c1-15-12-23(17-6-2-3-9-21-17)14-19(15)7-10-22(18(19)24)13-16-5-4-8-20-11-16;2*3-2(4,5)1(6)7/h2-6,8-9,11,15H,7,10,12-14H2,1H3;2*(H,6,7)/t15-,19-;;/m0../s1. The molecule has 2 aromatic rings. The Morgan fingerprint density at radius 2 is 1.63 bits per heavy atom. The molecule has 208 valence electrons. The van der Waals surface area contributed by atoms with Crippen LogP contribution in [0, 0.1) is 11.3 Å². The van der Waals surface area contributed by atoms with Gasteiger partial charge in [0.1, 0.15) is 5.82 Å². The number of aliphatic carboxylic acids is 2. The van der Waals surface area contributed by atoms with Gasteiger partial charge in [-0.05, 0) is 36.1 Å². The molecule has 4 rings (SSSR count). The van der Waals surface area contributed by atoms with Crippen LogP contribution in [0.2, 0.25) is 0 Å². The first-order valence-electron chi connectivity index (χ1n) is 11.0. The number of likely N-dealkylation sites (tertiary alicyclic amines) is 1. The molecular formula is C23H24F6N4O5. The third kappa shape index (κ3) is 7.79. The Morgan fingerprint density at radius 1 is 1.03 bits per heavy atom. The zero-order valence-electron chi connectivity index (χ0n) is 19.9. The Morgan fingerprint density at radius 3 is 2.11 bits per heavy atom. The molecule has 2 fully saturated rings. The van der Waals surface area contributed by atoms with Crippen LogP contribution in [0.3, 0.4) is 0 Å². The van der Waals surface area contributed by atoms with Gasteiger partial charge in [-0.1, -0.05) is 19.1 Å². The van der Waals surface area contributed by atoms with E-state index in [4.69, 9.17) is 19.8 Å². The van der Waals surface area contributed by atoms with E-state index in [2.05, 4.69) is 21.8 Å². The summed E-state index contributed by atoms with van der Waals surface area (Å²) < 4.78 is 63.5. The number of carbonyl (C=O) groups is 3. The van der Waals surface area contributed by atoms with Gasteiger partial charge in [-0.15, -0.1) is 0 Å². The molecular weight excluding hydrogens is 526 g/mol. The van der Waals surface area contributed by atoms with E-state index in [0.717, 1.165) is 37.4 Å².